The fraction of sp³-hybridized carbons (Fsp3) is 0.923. The normalized spacial score (nSPS) is 18.0. The molecule has 1 fully saturated rings. The summed E-state index contributed by atoms with van der Waals surface area (Å²) >= 11 is 0. The van der Waals surface area contributed by atoms with Crippen molar-refractivity contribution in [1.29, 1.82) is 0 Å². The molecule has 1 saturated heterocycles. The van der Waals surface area contributed by atoms with Crippen LogP contribution < -0.4 is 10.6 Å². The van der Waals surface area contributed by atoms with Gasteiger partial charge < -0.3 is 15.5 Å². The number of nitrogens with zero attached hydrogens (tertiary/aromatic N) is 2. The van der Waals surface area contributed by atoms with Crippen molar-refractivity contribution in [2.75, 3.05) is 59.1 Å². The third-order valence-electron chi connectivity index (χ3n) is 3.47. The minimum absolute atomic E-state index is 0.159. The Kier molecular flexibility index (Phi) is 6.58. The number of carbonyl (C=O) groups excluding carboxylic acids is 1. The van der Waals surface area contributed by atoms with E-state index in [4.69, 9.17) is 0 Å². The predicted molar refractivity (Wildman–Crippen MR) is 83.6 cm³/mol. The van der Waals surface area contributed by atoms with Crippen LogP contribution in [0.5, 0.6) is 0 Å². The molecule has 1 rings (SSSR count). The minimum atomic E-state index is -3.41. The number of hydrogen-bond acceptors (Lipinski definition) is 5. The highest BCUT2D eigenvalue weighted by atomic mass is 32.2. The number of likely N-dealkylation sites (N-methyl/N-ethyl adjacent to an activating group) is 1. The van der Waals surface area contributed by atoms with Gasteiger partial charge in [0, 0.05) is 39.3 Å². The summed E-state index contributed by atoms with van der Waals surface area (Å²) in [4.78, 5) is 14.1. The molecule has 7 nitrogen and oxygen atoms in total. The molecule has 0 spiro atoms. The maximum absolute atomic E-state index is 12.4. The van der Waals surface area contributed by atoms with Crippen molar-refractivity contribution in [3.8, 4) is 0 Å². The molecule has 8 heteroatoms. The molecule has 0 aromatic carbocycles. The van der Waals surface area contributed by atoms with Gasteiger partial charge >= 0.3 is 0 Å². The van der Waals surface area contributed by atoms with Gasteiger partial charge in [0.2, 0.25) is 15.9 Å². The van der Waals surface area contributed by atoms with E-state index in [0.717, 1.165) is 6.54 Å². The molecule has 0 unspecified atom stereocenters. The average molecular weight is 320 g/mol. The molecular formula is C13H28N4O3S. The fourth-order valence-electron chi connectivity index (χ4n) is 2.17. The first kappa shape index (κ1) is 18.3. The lowest BCUT2D eigenvalue weighted by Gasteiger charge is -2.31. The van der Waals surface area contributed by atoms with Crippen LogP contribution in [-0.4, -0.2) is 82.6 Å². The standard InChI is InChI=1S/C13H28N4O3S/c1-13(2,12(18)15-7-8-16(3)4)11-21(19,20)17-9-5-14-6-10-17/h14H,5-11H2,1-4H3,(H,15,18). The zero-order valence-corrected chi connectivity index (χ0v) is 14.3. The van der Waals surface area contributed by atoms with E-state index in [1.54, 1.807) is 13.8 Å². The molecule has 0 aliphatic carbocycles. The molecule has 0 aromatic heterocycles. The summed E-state index contributed by atoms with van der Waals surface area (Å²) in [6.45, 7) is 6.87. The summed E-state index contributed by atoms with van der Waals surface area (Å²) in [5.41, 5.74) is -0.935. The van der Waals surface area contributed by atoms with Crippen molar-refractivity contribution in [2.24, 2.45) is 5.41 Å². The van der Waals surface area contributed by atoms with Crippen molar-refractivity contribution in [2.45, 2.75) is 13.8 Å². The van der Waals surface area contributed by atoms with Crippen molar-refractivity contribution in [1.82, 2.24) is 19.8 Å². The highest BCUT2D eigenvalue weighted by Crippen LogP contribution is 2.20. The molecule has 124 valence electrons. The van der Waals surface area contributed by atoms with Gasteiger partial charge in [-0.1, -0.05) is 0 Å². The van der Waals surface area contributed by atoms with Gasteiger partial charge in [0.05, 0.1) is 11.2 Å². The zero-order chi connectivity index (χ0) is 16.1. The Hall–Kier alpha value is -0.700. The first-order valence-electron chi connectivity index (χ1n) is 7.27. The summed E-state index contributed by atoms with van der Waals surface area (Å²) in [6.07, 6.45) is 0. The maximum atomic E-state index is 12.4. The summed E-state index contributed by atoms with van der Waals surface area (Å²) in [5, 5.41) is 5.92. The molecule has 1 aliphatic heterocycles. The molecule has 2 N–H and O–H groups in total. The molecule has 0 bridgehead atoms. The second-order valence-corrected chi connectivity index (χ2v) is 8.32. The van der Waals surface area contributed by atoms with Gasteiger partial charge in [-0.25, -0.2) is 8.42 Å². The topological polar surface area (TPSA) is 81.8 Å². The van der Waals surface area contributed by atoms with Crippen molar-refractivity contribution < 1.29 is 13.2 Å². The summed E-state index contributed by atoms with van der Waals surface area (Å²) in [6, 6.07) is 0. The molecule has 1 aliphatic rings. The summed E-state index contributed by atoms with van der Waals surface area (Å²) in [5.74, 6) is -0.378. The van der Waals surface area contributed by atoms with Crippen LogP contribution in [0.4, 0.5) is 0 Å². The number of carbonyl (C=O) groups is 1. The molecule has 1 heterocycles. The lowest BCUT2D eigenvalue weighted by atomic mass is 9.95. The number of sulfonamides is 1. The second kappa shape index (κ2) is 7.53. The Morgan fingerprint density at radius 3 is 2.38 bits per heavy atom. The van der Waals surface area contributed by atoms with Crippen molar-refractivity contribution in [3.63, 3.8) is 0 Å². The van der Waals surface area contributed by atoms with Crippen LogP contribution >= 0.6 is 0 Å². The number of piperazine rings is 1. The Morgan fingerprint density at radius 2 is 1.86 bits per heavy atom. The first-order chi connectivity index (χ1) is 9.65. The van der Waals surface area contributed by atoms with Crippen LogP contribution in [0.1, 0.15) is 13.8 Å². The molecule has 0 saturated carbocycles. The predicted octanol–water partition coefficient (Wildman–Crippen LogP) is -1.07. The van der Waals surface area contributed by atoms with Crippen LogP contribution in [0, 0.1) is 5.41 Å². The van der Waals surface area contributed by atoms with Gasteiger partial charge in [0.25, 0.3) is 0 Å². The number of rotatable bonds is 7. The molecule has 1 amide bonds. The van der Waals surface area contributed by atoms with Gasteiger partial charge in [-0.2, -0.15) is 4.31 Å². The fourth-order valence-corrected chi connectivity index (χ4v) is 4.13. The van der Waals surface area contributed by atoms with E-state index in [1.807, 2.05) is 19.0 Å². The van der Waals surface area contributed by atoms with Gasteiger partial charge in [0.15, 0.2) is 0 Å². The van der Waals surface area contributed by atoms with E-state index in [-0.39, 0.29) is 11.7 Å². The van der Waals surface area contributed by atoms with E-state index < -0.39 is 15.4 Å². The van der Waals surface area contributed by atoms with Gasteiger partial charge in [-0.05, 0) is 27.9 Å². The van der Waals surface area contributed by atoms with Gasteiger partial charge in [0.1, 0.15) is 0 Å². The maximum Gasteiger partial charge on any atom is 0.226 e. The number of hydrogen-bond donors (Lipinski definition) is 2. The third kappa shape index (κ3) is 5.90. The molecule has 0 aromatic rings. The summed E-state index contributed by atoms with van der Waals surface area (Å²) in [7, 11) is 0.440. The SMILES string of the molecule is CN(C)CCNC(=O)C(C)(C)CS(=O)(=O)N1CCNCC1. The smallest absolute Gasteiger partial charge is 0.226 e. The van der Waals surface area contributed by atoms with Crippen molar-refractivity contribution in [3.05, 3.63) is 0 Å². The first-order valence-corrected chi connectivity index (χ1v) is 8.88. The summed E-state index contributed by atoms with van der Waals surface area (Å²) < 4.78 is 26.3. The largest absolute Gasteiger partial charge is 0.354 e. The Bertz CT molecular complexity index is 442. The van der Waals surface area contributed by atoms with Crippen LogP contribution in [0.2, 0.25) is 0 Å². The number of nitrogens with one attached hydrogen (secondary N) is 2. The van der Waals surface area contributed by atoms with Gasteiger partial charge in [-0.3, -0.25) is 4.79 Å². The lowest BCUT2D eigenvalue weighted by Crippen LogP contribution is -2.51. The molecular weight excluding hydrogens is 292 g/mol. The van der Waals surface area contributed by atoms with E-state index in [0.29, 0.717) is 32.7 Å². The quantitative estimate of drug-likeness (QED) is 0.624. The minimum Gasteiger partial charge on any atom is -0.354 e. The zero-order valence-electron chi connectivity index (χ0n) is 13.5. The van der Waals surface area contributed by atoms with Crippen molar-refractivity contribution >= 4 is 15.9 Å². The highest BCUT2D eigenvalue weighted by Gasteiger charge is 2.36. The van der Waals surface area contributed by atoms with Gasteiger partial charge in [-0.15, -0.1) is 0 Å². The Labute approximate surface area is 128 Å². The highest BCUT2D eigenvalue weighted by molar-refractivity contribution is 7.89. The van der Waals surface area contributed by atoms with Crippen LogP contribution in [0.25, 0.3) is 0 Å². The average Bonchev–Trinajstić information content (AvgIpc) is 2.38. The number of amides is 1. The Morgan fingerprint density at radius 1 is 1.29 bits per heavy atom. The molecule has 0 atom stereocenters. The van der Waals surface area contributed by atoms with Crippen LogP contribution in [0.3, 0.4) is 0 Å². The Balaban J connectivity index is 2.58. The van der Waals surface area contributed by atoms with E-state index in [2.05, 4.69) is 10.6 Å². The third-order valence-corrected chi connectivity index (χ3v) is 5.71. The second-order valence-electron chi connectivity index (χ2n) is 6.35. The van der Waals surface area contributed by atoms with E-state index in [1.165, 1.54) is 4.31 Å². The lowest BCUT2D eigenvalue weighted by molar-refractivity contribution is -0.128. The van der Waals surface area contributed by atoms with Crippen LogP contribution in [-0.2, 0) is 14.8 Å². The molecule has 21 heavy (non-hydrogen) atoms. The van der Waals surface area contributed by atoms with E-state index >= 15 is 0 Å². The van der Waals surface area contributed by atoms with Crippen LogP contribution in [0.15, 0.2) is 0 Å². The van der Waals surface area contributed by atoms with E-state index in [9.17, 15) is 13.2 Å². The monoisotopic (exact) mass is 320 g/mol. The molecule has 0 radical (unpaired) electrons.